The summed E-state index contributed by atoms with van der Waals surface area (Å²) in [7, 11) is 0. The Bertz CT molecular complexity index is 284. The summed E-state index contributed by atoms with van der Waals surface area (Å²) in [6, 6.07) is 0. The quantitative estimate of drug-likeness (QED) is 0.652. The van der Waals surface area contributed by atoms with Gasteiger partial charge in [0.1, 0.15) is 0 Å². The average molecular weight is 195 g/mol. The largest absolute Gasteiger partial charge is 0.481 e. The third-order valence-electron chi connectivity index (χ3n) is 2.90. The zero-order valence-electron chi connectivity index (χ0n) is 7.85. The number of allylic oxidation sites excluding steroid dienone is 2. The molecule has 1 aliphatic heterocycles. The van der Waals surface area contributed by atoms with E-state index in [-0.39, 0.29) is 17.7 Å². The molecule has 0 spiro atoms. The second-order valence-corrected chi connectivity index (χ2v) is 3.92. The van der Waals surface area contributed by atoms with Gasteiger partial charge in [0, 0.05) is 19.0 Å². The number of hydrogen-bond donors (Lipinski definition) is 1. The molecule has 1 fully saturated rings. The Balaban J connectivity index is 1.81. The van der Waals surface area contributed by atoms with Crippen LogP contribution in [0.15, 0.2) is 12.2 Å². The third kappa shape index (κ3) is 1.52. The van der Waals surface area contributed by atoms with Gasteiger partial charge < -0.3 is 10.0 Å². The lowest BCUT2D eigenvalue weighted by molar-refractivity contribution is -0.154. The van der Waals surface area contributed by atoms with Gasteiger partial charge in [0.05, 0.1) is 5.92 Å². The number of aliphatic carboxylic acids is 1. The molecule has 1 aliphatic carbocycles. The highest BCUT2D eigenvalue weighted by molar-refractivity contribution is 5.83. The number of carbonyl (C=O) groups is 2. The molecule has 0 aromatic heterocycles. The fourth-order valence-electron chi connectivity index (χ4n) is 1.89. The van der Waals surface area contributed by atoms with Crippen LogP contribution in [0.4, 0.5) is 0 Å². The van der Waals surface area contributed by atoms with Crippen LogP contribution in [0, 0.1) is 11.8 Å². The van der Waals surface area contributed by atoms with Gasteiger partial charge in [-0.1, -0.05) is 12.2 Å². The molecular weight excluding hydrogens is 182 g/mol. The first-order valence-electron chi connectivity index (χ1n) is 4.85. The zero-order valence-corrected chi connectivity index (χ0v) is 7.85. The first kappa shape index (κ1) is 9.24. The van der Waals surface area contributed by atoms with E-state index < -0.39 is 5.97 Å². The summed E-state index contributed by atoms with van der Waals surface area (Å²) in [4.78, 5) is 23.9. The highest BCUT2D eigenvalue weighted by Gasteiger charge is 2.37. The molecule has 14 heavy (non-hydrogen) atoms. The summed E-state index contributed by atoms with van der Waals surface area (Å²) < 4.78 is 0. The predicted molar refractivity (Wildman–Crippen MR) is 49.6 cm³/mol. The maximum atomic E-state index is 11.7. The molecule has 1 N–H and O–H groups in total. The van der Waals surface area contributed by atoms with E-state index in [9.17, 15) is 9.59 Å². The van der Waals surface area contributed by atoms with E-state index in [1.54, 1.807) is 4.90 Å². The van der Waals surface area contributed by atoms with Crippen molar-refractivity contribution < 1.29 is 14.7 Å². The van der Waals surface area contributed by atoms with Crippen molar-refractivity contribution in [3.63, 3.8) is 0 Å². The molecule has 0 atom stereocenters. The van der Waals surface area contributed by atoms with Gasteiger partial charge >= 0.3 is 5.97 Å². The molecular formula is C10H13NO3. The van der Waals surface area contributed by atoms with Crippen molar-refractivity contribution in [3.8, 4) is 0 Å². The van der Waals surface area contributed by atoms with Crippen molar-refractivity contribution >= 4 is 11.9 Å². The molecule has 1 heterocycles. The first-order valence-corrected chi connectivity index (χ1v) is 4.85. The molecule has 1 saturated heterocycles. The van der Waals surface area contributed by atoms with E-state index in [2.05, 4.69) is 0 Å². The average Bonchev–Trinajstić information content (AvgIpc) is 2.51. The van der Waals surface area contributed by atoms with Gasteiger partial charge in [0.25, 0.3) is 0 Å². The van der Waals surface area contributed by atoms with E-state index in [1.807, 2.05) is 12.2 Å². The van der Waals surface area contributed by atoms with Crippen LogP contribution < -0.4 is 0 Å². The van der Waals surface area contributed by atoms with Crippen LogP contribution in [0.5, 0.6) is 0 Å². The van der Waals surface area contributed by atoms with Crippen LogP contribution >= 0.6 is 0 Å². The summed E-state index contributed by atoms with van der Waals surface area (Å²) in [5.41, 5.74) is 0. The molecule has 0 unspecified atom stereocenters. The van der Waals surface area contributed by atoms with Gasteiger partial charge in [-0.25, -0.2) is 0 Å². The first-order chi connectivity index (χ1) is 6.68. The maximum Gasteiger partial charge on any atom is 0.310 e. The Hall–Kier alpha value is -1.32. The van der Waals surface area contributed by atoms with Crippen molar-refractivity contribution in [1.82, 2.24) is 4.90 Å². The van der Waals surface area contributed by atoms with E-state index in [1.165, 1.54) is 0 Å². The molecule has 0 aromatic carbocycles. The van der Waals surface area contributed by atoms with Crippen LogP contribution in [0.1, 0.15) is 12.8 Å². The molecule has 0 bridgehead atoms. The number of amides is 1. The monoisotopic (exact) mass is 195 g/mol. The van der Waals surface area contributed by atoms with Gasteiger partial charge in [-0.05, 0) is 12.8 Å². The topological polar surface area (TPSA) is 57.6 Å². The smallest absolute Gasteiger partial charge is 0.310 e. The molecule has 4 nitrogen and oxygen atoms in total. The normalized spacial score (nSPS) is 22.4. The van der Waals surface area contributed by atoms with Crippen LogP contribution in [0.2, 0.25) is 0 Å². The van der Waals surface area contributed by atoms with E-state index in [4.69, 9.17) is 5.11 Å². The number of carbonyl (C=O) groups excluding carboxylic acids is 1. The van der Waals surface area contributed by atoms with Gasteiger partial charge in [-0.3, -0.25) is 9.59 Å². The minimum Gasteiger partial charge on any atom is -0.481 e. The van der Waals surface area contributed by atoms with Gasteiger partial charge in [0.2, 0.25) is 5.91 Å². The standard InChI is InChI=1S/C10H13NO3/c12-9(7-3-1-2-4-7)11-5-8(6-11)10(13)14/h1-2,7-8H,3-6H2,(H,13,14). The minimum atomic E-state index is -0.793. The minimum absolute atomic E-state index is 0.0738. The molecule has 0 saturated carbocycles. The molecule has 76 valence electrons. The number of rotatable bonds is 2. The number of carboxylic acid groups (broad SMARTS) is 1. The molecule has 4 heteroatoms. The van der Waals surface area contributed by atoms with Crippen molar-refractivity contribution in [2.75, 3.05) is 13.1 Å². The van der Waals surface area contributed by atoms with Gasteiger partial charge in [-0.2, -0.15) is 0 Å². The Morgan fingerprint density at radius 1 is 1.14 bits per heavy atom. The van der Waals surface area contributed by atoms with Crippen LogP contribution in [0.25, 0.3) is 0 Å². The summed E-state index contributed by atoms with van der Waals surface area (Å²) in [5.74, 6) is -0.941. The third-order valence-corrected chi connectivity index (χ3v) is 2.90. The summed E-state index contributed by atoms with van der Waals surface area (Å²) >= 11 is 0. The molecule has 2 aliphatic rings. The highest BCUT2D eigenvalue weighted by Crippen LogP contribution is 2.25. The Morgan fingerprint density at radius 3 is 2.21 bits per heavy atom. The fraction of sp³-hybridized carbons (Fsp3) is 0.600. The van der Waals surface area contributed by atoms with E-state index >= 15 is 0 Å². The predicted octanol–water partition coefficient (Wildman–Crippen LogP) is 0.496. The van der Waals surface area contributed by atoms with Crippen molar-refractivity contribution in [3.05, 3.63) is 12.2 Å². The van der Waals surface area contributed by atoms with Crippen LogP contribution in [-0.4, -0.2) is 35.0 Å². The van der Waals surface area contributed by atoms with Crippen molar-refractivity contribution in [2.24, 2.45) is 11.8 Å². The van der Waals surface area contributed by atoms with Crippen LogP contribution in [0.3, 0.4) is 0 Å². The summed E-state index contributed by atoms with van der Waals surface area (Å²) in [6.45, 7) is 0.787. The number of nitrogens with zero attached hydrogens (tertiary/aromatic N) is 1. The van der Waals surface area contributed by atoms with E-state index in [0.717, 1.165) is 12.8 Å². The number of hydrogen-bond acceptors (Lipinski definition) is 2. The number of carboxylic acids is 1. The molecule has 1 amide bonds. The lowest BCUT2D eigenvalue weighted by Gasteiger charge is -2.38. The SMILES string of the molecule is O=C(O)C1CN(C(=O)C2CC=CC2)C1. The van der Waals surface area contributed by atoms with Gasteiger partial charge in [-0.15, -0.1) is 0 Å². The highest BCUT2D eigenvalue weighted by atomic mass is 16.4. The van der Waals surface area contributed by atoms with E-state index in [0.29, 0.717) is 13.1 Å². The lowest BCUT2D eigenvalue weighted by atomic mass is 9.96. The van der Waals surface area contributed by atoms with Crippen molar-refractivity contribution in [1.29, 1.82) is 0 Å². The second-order valence-electron chi connectivity index (χ2n) is 3.92. The molecule has 2 rings (SSSR count). The van der Waals surface area contributed by atoms with Crippen molar-refractivity contribution in [2.45, 2.75) is 12.8 Å². The summed E-state index contributed by atoms with van der Waals surface area (Å²) in [6.07, 6.45) is 5.65. The lowest BCUT2D eigenvalue weighted by Crippen LogP contribution is -2.54. The Kier molecular flexibility index (Phi) is 2.27. The molecule has 0 radical (unpaired) electrons. The Labute approximate surface area is 82.2 Å². The fourth-order valence-corrected chi connectivity index (χ4v) is 1.89. The zero-order chi connectivity index (χ0) is 10.1. The maximum absolute atomic E-state index is 11.7. The van der Waals surface area contributed by atoms with Crippen LogP contribution in [-0.2, 0) is 9.59 Å². The van der Waals surface area contributed by atoms with Gasteiger partial charge in [0.15, 0.2) is 0 Å². The summed E-state index contributed by atoms with van der Waals surface area (Å²) in [5, 5.41) is 8.65. The molecule has 0 aromatic rings. The number of likely N-dealkylation sites (tertiary alicyclic amines) is 1. The Morgan fingerprint density at radius 2 is 1.71 bits per heavy atom. The second kappa shape index (κ2) is 3.44.